The molecule has 0 bridgehead atoms. The number of H-pyrrole nitrogens is 1. The number of rotatable bonds is 4. The number of aliphatic hydroxyl groups is 1. The minimum absolute atomic E-state index is 0.193. The molecule has 2 rings (SSSR count). The number of likely N-dealkylation sites (N-methyl/N-ethyl adjacent to an activating group) is 1. The predicted molar refractivity (Wildman–Crippen MR) is 70.0 cm³/mol. The summed E-state index contributed by atoms with van der Waals surface area (Å²) in [6.45, 7) is 0.445. The van der Waals surface area contributed by atoms with Crippen molar-refractivity contribution in [1.82, 2.24) is 10.3 Å². The quantitative estimate of drug-likeness (QED) is 0.748. The molecule has 1 atom stereocenters. The van der Waals surface area contributed by atoms with Gasteiger partial charge in [0.15, 0.2) is 0 Å². The van der Waals surface area contributed by atoms with E-state index in [1.165, 1.54) is 6.07 Å². The highest BCUT2D eigenvalue weighted by Gasteiger charge is 2.13. The van der Waals surface area contributed by atoms with Gasteiger partial charge in [0.1, 0.15) is 5.75 Å². The number of fused-ring (bicyclic) bond motifs is 1. The van der Waals surface area contributed by atoms with Crippen LogP contribution in [0.1, 0.15) is 11.7 Å². The first-order chi connectivity index (χ1) is 8.67. The Labute approximate surface area is 104 Å². The molecule has 96 valence electrons. The number of aliphatic hydroxyl groups excluding tert-OH is 1. The van der Waals surface area contributed by atoms with Crippen molar-refractivity contribution in [3.8, 4) is 5.75 Å². The smallest absolute Gasteiger partial charge is 0.248 e. The van der Waals surface area contributed by atoms with E-state index in [-0.39, 0.29) is 5.56 Å². The number of nitrogens with one attached hydrogen (secondary N) is 2. The summed E-state index contributed by atoms with van der Waals surface area (Å²) in [6, 6.07) is 6.69. The second kappa shape index (κ2) is 5.20. The van der Waals surface area contributed by atoms with Gasteiger partial charge in [-0.1, -0.05) is 6.07 Å². The van der Waals surface area contributed by atoms with Crippen molar-refractivity contribution in [3.05, 3.63) is 40.2 Å². The second-order valence-electron chi connectivity index (χ2n) is 4.04. The average molecular weight is 248 g/mol. The number of hydrogen-bond donors (Lipinski definition) is 3. The maximum atomic E-state index is 11.4. The Balaban J connectivity index is 2.66. The molecule has 18 heavy (non-hydrogen) atoms. The zero-order valence-electron chi connectivity index (χ0n) is 10.4. The third kappa shape index (κ3) is 2.23. The summed E-state index contributed by atoms with van der Waals surface area (Å²) in [7, 11) is 3.32. The van der Waals surface area contributed by atoms with Crippen molar-refractivity contribution in [3.63, 3.8) is 0 Å². The Bertz CT molecular complexity index is 607. The van der Waals surface area contributed by atoms with Gasteiger partial charge in [-0.3, -0.25) is 4.79 Å². The molecule has 1 aromatic carbocycles. The molecular formula is C13H16N2O3. The van der Waals surface area contributed by atoms with Gasteiger partial charge in [0, 0.05) is 18.0 Å². The molecule has 0 radical (unpaired) electrons. The molecule has 0 aliphatic rings. The fraction of sp³-hybridized carbons (Fsp3) is 0.308. The SMILES string of the molecule is CNC[C@@H](O)c1ccc(OC)c2[nH]c(=O)ccc12. The number of aromatic nitrogens is 1. The van der Waals surface area contributed by atoms with Crippen molar-refractivity contribution in [2.24, 2.45) is 0 Å². The maximum Gasteiger partial charge on any atom is 0.248 e. The van der Waals surface area contributed by atoms with Crippen LogP contribution < -0.4 is 15.6 Å². The number of benzene rings is 1. The van der Waals surface area contributed by atoms with E-state index < -0.39 is 6.10 Å². The van der Waals surface area contributed by atoms with Crippen LogP contribution in [0.5, 0.6) is 5.75 Å². The van der Waals surface area contributed by atoms with Crippen molar-refractivity contribution in [2.75, 3.05) is 20.7 Å². The topological polar surface area (TPSA) is 74.3 Å². The third-order valence-electron chi connectivity index (χ3n) is 2.87. The Kier molecular flexibility index (Phi) is 3.64. The summed E-state index contributed by atoms with van der Waals surface area (Å²) >= 11 is 0. The number of ether oxygens (including phenoxy) is 1. The molecule has 0 amide bonds. The van der Waals surface area contributed by atoms with Crippen LogP contribution in [0.25, 0.3) is 10.9 Å². The first-order valence-electron chi connectivity index (χ1n) is 5.70. The summed E-state index contributed by atoms with van der Waals surface area (Å²) in [5.41, 5.74) is 1.18. The van der Waals surface area contributed by atoms with Gasteiger partial charge in [0.25, 0.3) is 0 Å². The lowest BCUT2D eigenvalue weighted by Gasteiger charge is -2.14. The van der Waals surface area contributed by atoms with Gasteiger partial charge in [0.2, 0.25) is 5.56 Å². The largest absolute Gasteiger partial charge is 0.495 e. The zero-order chi connectivity index (χ0) is 13.1. The first kappa shape index (κ1) is 12.6. The van der Waals surface area contributed by atoms with Crippen LogP contribution in [0.4, 0.5) is 0 Å². The minimum Gasteiger partial charge on any atom is -0.495 e. The molecule has 0 saturated heterocycles. The maximum absolute atomic E-state index is 11.4. The zero-order valence-corrected chi connectivity index (χ0v) is 10.4. The van der Waals surface area contributed by atoms with E-state index in [2.05, 4.69) is 10.3 Å². The minimum atomic E-state index is -0.630. The van der Waals surface area contributed by atoms with Crippen molar-refractivity contribution in [2.45, 2.75) is 6.10 Å². The predicted octanol–water partition coefficient (Wildman–Crippen LogP) is 0.789. The van der Waals surface area contributed by atoms with Gasteiger partial charge < -0.3 is 20.1 Å². The van der Waals surface area contributed by atoms with E-state index in [1.54, 1.807) is 26.3 Å². The summed E-state index contributed by atoms with van der Waals surface area (Å²) in [5, 5.41) is 13.8. The molecule has 0 aliphatic carbocycles. The molecular weight excluding hydrogens is 232 g/mol. The van der Waals surface area contributed by atoms with Crippen LogP contribution in [0.3, 0.4) is 0 Å². The summed E-state index contributed by atoms with van der Waals surface area (Å²) < 4.78 is 5.21. The lowest BCUT2D eigenvalue weighted by atomic mass is 10.0. The van der Waals surface area contributed by atoms with Crippen LogP contribution >= 0.6 is 0 Å². The van der Waals surface area contributed by atoms with Crippen LogP contribution in [0.2, 0.25) is 0 Å². The Morgan fingerprint density at radius 3 is 2.83 bits per heavy atom. The number of pyridine rings is 1. The number of hydrogen-bond acceptors (Lipinski definition) is 4. The van der Waals surface area contributed by atoms with Gasteiger partial charge >= 0.3 is 0 Å². The average Bonchev–Trinajstić information content (AvgIpc) is 2.37. The summed E-state index contributed by atoms with van der Waals surface area (Å²) in [6.07, 6.45) is -0.630. The molecule has 0 unspecified atom stereocenters. The highest BCUT2D eigenvalue weighted by Crippen LogP contribution is 2.29. The standard InChI is InChI=1S/C13H16N2O3/c1-14-7-10(16)8-3-5-11(18-2)13-9(8)4-6-12(17)15-13/h3-6,10,14,16H,7H2,1-2H3,(H,15,17)/t10-/m1/s1. The van der Waals surface area contributed by atoms with E-state index >= 15 is 0 Å². The fourth-order valence-electron chi connectivity index (χ4n) is 2.01. The van der Waals surface area contributed by atoms with Crippen LogP contribution in [-0.2, 0) is 0 Å². The Hall–Kier alpha value is -1.85. The van der Waals surface area contributed by atoms with Gasteiger partial charge in [0.05, 0.1) is 18.7 Å². The molecule has 0 fully saturated rings. The summed E-state index contributed by atoms with van der Waals surface area (Å²) in [4.78, 5) is 14.1. The fourth-order valence-corrected chi connectivity index (χ4v) is 2.01. The molecule has 5 nitrogen and oxygen atoms in total. The van der Waals surface area contributed by atoms with Gasteiger partial charge in [-0.2, -0.15) is 0 Å². The van der Waals surface area contributed by atoms with Gasteiger partial charge in [-0.25, -0.2) is 0 Å². The van der Waals surface area contributed by atoms with Gasteiger partial charge in [-0.15, -0.1) is 0 Å². The van der Waals surface area contributed by atoms with E-state index in [1.807, 2.05) is 6.07 Å². The third-order valence-corrected chi connectivity index (χ3v) is 2.87. The van der Waals surface area contributed by atoms with E-state index in [0.29, 0.717) is 17.8 Å². The number of methoxy groups -OCH3 is 1. The Morgan fingerprint density at radius 1 is 1.39 bits per heavy atom. The van der Waals surface area contributed by atoms with Crippen LogP contribution in [0, 0.1) is 0 Å². The van der Waals surface area contributed by atoms with E-state index in [9.17, 15) is 9.90 Å². The second-order valence-corrected chi connectivity index (χ2v) is 4.04. The monoisotopic (exact) mass is 248 g/mol. The lowest BCUT2D eigenvalue weighted by molar-refractivity contribution is 0.179. The molecule has 0 aliphatic heterocycles. The molecule has 2 aromatic rings. The van der Waals surface area contributed by atoms with Crippen molar-refractivity contribution >= 4 is 10.9 Å². The van der Waals surface area contributed by atoms with E-state index in [4.69, 9.17) is 4.74 Å². The Morgan fingerprint density at radius 2 is 2.17 bits per heavy atom. The molecule has 1 heterocycles. The molecule has 5 heteroatoms. The van der Waals surface area contributed by atoms with Crippen LogP contribution in [0.15, 0.2) is 29.1 Å². The van der Waals surface area contributed by atoms with Gasteiger partial charge in [-0.05, 0) is 24.7 Å². The van der Waals surface area contributed by atoms with Crippen LogP contribution in [-0.4, -0.2) is 30.8 Å². The van der Waals surface area contributed by atoms with Crippen molar-refractivity contribution in [1.29, 1.82) is 0 Å². The molecule has 0 saturated carbocycles. The molecule has 1 aromatic heterocycles. The molecule has 3 N–H and O–H groups in total. The lowest BCUT2D eigenvalue weighted by Crippen LogP contribution is -2.17. The summed E-state index contributed by atoms with van der Waals surface area (Å²) in [5.74, 6) is 0.586. The first-order valence-corrected chi connectivity index (χ1v) is 5.70. The molecule has 0 spiro atoms. The van der Waals surface area contributed by atoms with Crippen molar-refractivity contribution < 1.29 is 9.84 Å². The van der Waals surface area contributed by atoms with E-state index in [0.717, 1.165) is 10.9 Å². The highest BCUT2D eigenvalue weighted by molar-refractivity contribution is 5.87. The number of aromatic amines is 1. The normalized spacial score (nSPS) is 12.6. The highest BCUT2D eigenvalue weighted by atomic mass is 16.5.